The van der Waals surface area contributed by atoms with Crippen molar-refractivity contribution in [1.29, 1.82) is 0 Å². The fourth-order valence-electron chi connectivity index (χ4n) is 1.78. The van der Waals surface area contributed by atoms with Gasteiger partial charge in [0.2, 0.25) is 0 Å². The maximum absolute atomic E-state index is 11.7. The second-order valence-corrected chi connectivity index (χ2v) is 4.85. The van der Waals surface area contributed by atoms with Crippen molar-refractivity contribution < 1.29 is 14.5 Å². The molecule has 0 saturated heterocycles. The molecule has 0 saturated carbocycles. The van der Waals surface area contributed by atoms with Crippen LogP contribution >= 0.6 is 0 Å². The van der Waals surface area contributed by atoms with Crippen molar-refractivity contribution in [3.8, 4) is 0 Å². The summed E-state index contributed by atoms with van der Waals surface area (Å²) in [5.74, 6) is 5.30. The van der Waals surface area contributed by atoms with E-state index in [1.165, 1.54) is 19.2 Å². The minimum Gasteiger partial charge on any atom is -0.467 e. The number of carbonyl (C=O) groups excluding carboxylic acids is 1. The third kappa shape index (κ3) is 4.88. The molecule has 0 aliphatic rings. The molecule has 0 bridgehead atoms. The Labute approximate surface area is 122 Å². The number of carbonyl (C=O) groups is 1. The van der Waals surface area contributed by atoms with E-state index in [1.807, 2.05) is 13.8 Å². The van der Waals surface area contributed by atoms with E-state index in [2.05, 4.69) is 15.7 Å². The van der Waals surface area contributed by atoms with Crippen molar-refractivity contribution in [3.05, 3.63) is 22.2 Å². The number of ether oxygens (including phenoxy) is 1. The summed E-state index contributed by atoms with van der Waals surface area (Å²) in [4.78, 5) is 26.1. The number of esters is 1. The molecule has 4 N–H and O–H groups in total. The Balaban J connectivity index is 3.04. The SMILES string of the molecule is COC(=O)C(CC(C)C)Nc1cc([N+](=O)[O-])cc(NN)n1. The van der Waals surface area contributed by atoms with Gasteiger partial charge in [-0.2, -0.15) is 0 Å². The van der Waals surface area contributed by atoms with Gasteiger partial charge >= 0.3 is 5.97 Å². The highest BCUT2D eigenvalue weighted by Crippen LogP contribution is 2.21. The van der Waals surface area contributed by atoms with Gasteiger partial charge in [-0.3, -0.25) is 10.1 Å². The minimum atomic E-state index is -0.643. The van der Waals surface area contributed by atoms with Gasteiger partial charge in [-0.15, -0.1) is 0 Å². The molecule has 9 nitrogen and oxygen atoms in total. The molecule has 0 radical (unpaired) electrons. The molecule has 0 aliphatic carbocycles. The Kier molecular flexibility index (Phi) is 5.85. The largest absolute Gasteiger partial charge is 0.467 e. The molecule has 1 unspecified atom stereocenters. The first kappa shape index (κ1) is 16.6. The zero-order valence-corrected chi connectivity index (χ0v) is 12.1. The summed E-state index contributed by atoms with van der Waals surface area (Å²) in [5, 5.41) is 13.7. The van der Waals surface area contributed by atoms with Gasteiger partial charge in [-0.05, 0) is 12.3 Å². The molecule has 0 fully saturated rings. The maximum Gasteiger partial charge on any atom is 0.328 e. The molecule has 0 aromatic carbocycles. The summed E-state index contributed by atoms with van der Waals surface area (Å²) >= 11 is 0. The van der Waals surface area contributed by atoms with E-state index in [-0.39, 0.29) is 23.2 Å². The molecule has 0 amide bonds. The summed E-state index contributed by atoms with van der Waals surface area (Å²) in [5.41, 5.74) is 2.06. The second-order valence-electron chi connectivity index (χ2n) is 4.85. The number of rotatable bonds is 7. The van der Waals surface area contributed by atoms with Gasteiger partial charge in [0, 0.05) is 0 Å². The van der Waals surface area contributed by atoms with Gasteiger partial charge < -0.3 is 15.5 Å². The Morgan fingerprint density at radius 3 is 2.57 bits per heavy atom. The smallest absolute Gasteiger partial charge is 0.328 e. The highest BCUT2D eigenvalue weighted by atomic mass is 16.6. The van der Waals surface area contributed by atoms with Gasteiger partial charge in [0.15, 0.2) is 0 Å². The highest BCUT2D eigenvalue weighted by molar-refractivity contribution is 5.79. The quantitative estimate of drug-likeness (QED) is 0.296. The Hall–Kier alpha value is -2.42. The van der Waals surface area contributed by atoms with E-state index in [0.29, 0.717) is 6.42 Å². The van der Waals surface area contributed by atoms with E-state index < -0.39 is 16.9 Å². The van der Waals surface area contributed by atoms with Gasteiger partial charge in [0.05, 0.1) is 24.2 Å². The predicted octanol–water partition coefficient (Wildman–Crippen LogP) is 1.27. The van der Waals surface area contributed by atoms with E-state index in [9.17, 15) is 14.9 Å². The number of methoxy groups -OCH3 is 1. The topological polar surface area (TPSA) is 132 Å². The number of hydrogen-bond donors (Lipinski definition) is 3. The average Bonchev–Trinajstić information content (AvgIpc) is 2.44. The Bertz CT molecular complexity index is 520. The summed E-state index contributed by atoms with van der Waals surface area (Å²) < 4.78 is 4.72. The standard InChI is InChI=1S/C12H19N5O4/c1-7(2)4-9(12(18)21-3)14-10-5-8(17(19)20)6-11(15-10)16-13/h5-7,9H,4,13H2,1-3H3,(H2,14,15,16). The average molecular weight is 297 g/mol. The van der Waals surface area contributed by atoms with E-state index in [0.717, 1.165) is 0 Å². The monoisotopic (exact) mass is 297 g/mol. The predicted molar refractivity (Wildman–Crippen MR) is 77.6 cm³/mol. The number of nitro groups is 1. The van der Waals surface area contributed by atoms with Crippen LogP contribution in [0.15, 0.2) is 12.1 Å². The van der Waals surface area contributed by atoms with Gasteiger partial charge in [0.25, 0.3) is 5.69 Å². The number of pyridine rings is 1. The molecule has 0 aliphatic heterocycles. The van der Waals surface area contributed by atoms with Crippen molar-refractivity contribution in [2.45, 2.75) is 26.3 Å². The normalized spacial score (nSPS) is 11.9. The van der Waals surface area contributed by atoms with Gasteiger partial charge in [-0.25, -0.2) is 15.6 Å². The van der Waals surface area contributed by atoms with Gasteiger partial charge in [-0.1, -0.05) is 13.8 Å². The van der Waals surface area contributed by atoms with Crippen LogP contribution in [-0.2, 0) is 9.53 Å². The molecule has 1 heterocycles. The molecule has 21 heavy (non-hydrogen) atoms. The molecule has 9 heteroatoms. The number of anilines is 2. The maximum atomic E-state index is 11.7. The van der Waals surface area contributed by atoms with Crippen LogP contribution in [-0.4, -0.2) is 29.0 Å². The van der Waals surface area contributed by atoms with Crippen LogP contribution in [0.1, 0.15) is 20.3 Å². The van der Waals surface area contributed by atoms with Crippen LogP contribution in [0.2, 0.25) is 0 Å². The first-order chi connectivity index (χ1) is 9.87. The molecule has 116 valence electrons. The second kappa shape index (κ2) is 7.39. The molecule has 0 spiro atoms. The van der Waals surface area contributed by atoms with Crippen molar-refractivity contribution in [3.63, 3.8) is 0 Å². The van der Waals surface area contributed by atoms with E-state index in [1.54, 1.807) is 0 Å². The van der Waals surface area contributed by atoms with Crippen molar-refractivity contribution in [1.82, 2.24) is 4.98 Å². The summed E-state index contributed by atoms with van der Waals surface area (Å²) in [7, 11) is 1.28. The molecule has 1 rings (SSSR count). The van der Waals surface area contributed by atoms with E-state index in [4.69, 9.17) is 10.6 Å². The Morgan fingerprint density at radius 1 is 1.48 bits per heavy atom. The number of nitrogens with one attached hydrogen (secondary N) is 2. The lowest BCUT2D eigenvalue weighted by atomic mass is 10.0. The zero-order chi connectivity index (χ0) is 16.0. The summed E-state index contributed by atoms with van der Waals surface area (Å²) in [6, 6.07) is 1.79. The number of nitrogens with two attached hydrogens (primary N) is 1. The third-order valence-electron chi connectivity index (χ3n) is 2.68. The van der Waals surface area contributed by atoms with Crippen LogP contribution in [0.5, 0.6) is 0 Å². The van der Waals surface area contributed by atoms with Crippen LogP contribution in [0.25, 0.3) is 0 Å². The van der Waals surface area contributed by atoms with Crippen molar-refractivity contribution >= 4 is 23.3 Å². The summed E-state index contributed by atoms with van der Waals surface area (Å²) in [6.45, 7) is 3.90. The highest BCUT2D eigenvalue weighted by Gasteiger charge is 2.22. The molecule has 1 aromatic rings. The number of nitrogen functional groups attached to an aromatic ring is 1. The van der Waals surface area contributed by atoms with Crippen LogP contribution < -0.4 is 16.6 Å². The number of aromatic nitrogens is 1. The first-order valence-electron chi connectivity index (χ1n) is 6.34. The van der Waals surface area contributed by atoms with Crippen molar-refractivity contribution in [2.24, 2.45) is 11.8 Å². The fourth-order valence-corrected chi connectivity index (χ4v) is 1.78. The fraction of sp³-hybridized carbons (Fsp3) is 0.500. The lowest BCUT2D eigenvalue weighted by molar-refractivity contribution is -0.384. The van der Waals surface area contributed by atoms with Crippen molar-refractivity contribution in [2.75, 3.05) is 17.9 Å². The minimum absolute atomic E-state index is 0.125. The lowest BCUT2D eigenvalue weighted by Gasteiger charge is -2.19. The number of hydrogen-bond acceptors (Lipinski definition) is 8. The Morgan fingerprint density at radius 2 is 2.10 bits per heavy atom. The van der Waals surface area contributed by atoms with Crippen LogP contribution in [0, 0.1) is 16.0 Å². The summed E-state index contributed by atoms with van der Waals surface area (Å²) in [6.07, 6.45) is 0.502. The molecule has 1 aromatic heterocycles. The number of nitrogens with zero attached hydrogens (tertiary/aromatic N) is 2. The third-order valence-corrected chi connectivity index (χ3v) is 2.68. The van der Waals surface area contributed by atoms with E-state index >= 15 is 0 Å². The van der Waals surface area contributed by atoms with Crippen LogP contribution in [0.3, 0.4) is 0 Å². The number of hydrazine groups is 1. The molecular weight excluding hydrogens is 278 g/mol. The molecular formula is C12H19N5O4. The van der Waals surface area contributed by atoms with Crippen LogP contribution in [0.4, 0.5) is 17.3 Å². The lowest BCUT2D eigenvalue weighted by Crippen LogP contribution is -2.32. The molecule has 1 atom stereocenters. The zero-order valence-electron chi connectivity index (χ0n) is 12.1. The first-order valence-corrected chi connectivity index (χ1v) is 6.34. The van der Waals surface area contributed by atoms with Gasteiger partial charge in [0.1, 0.15) is 17.7 Å².